The minimum Gasteiger partial charge on any atom is -0.479 e. The SMILES string of the molecule is CC(C)OC(Cc1ccc(CCOC(=O)[NH2+]c2ccccc2)cc1)C(=O)O. The molecule has 2 aromatic carbocycles. The van der Waals surface area contributed by atoms with Gasteiger partial charge in [0.05, 0.1) is 6.10 Å². The summed E-state index contributed by atoms with van der Waals surface area (Å²) in [6, 6.07) is 16.9. The van der Waals surface area contributed by atoms with Crippen LogP contribution < -0.4 is 5.32 Å². The number of benzene rings is 2. The molecule has 144 valence electrons. The van der Waals surface area contributed by atoms with E-state index in [1.165, 1.54) is 5.32 Å². The van der Waals surface area contributed by atoms with Crippen molar-refractivity contribution < 1.29 is 29.5 Å². The van der Waals surface area contributed by atoms with Crippen LogP contribution in [-0.4, -0.2) is 36.0 Å². The molecule has 0 aliphatic rings. The van der Waals surface area contributed by atoms with E-state index in [1.807, 2.05) is 68.4 Å². The largest absolute Gasteiger partial charge is 0.517 e. The standard InChI is InChI=1S/C21H25NO5/c1-15(2)27-19(20(23)24)14-17-10-8-16(9-11-17)12-13-26-21(25)22-18-6-4-3-5-7-18/h3-11,15,19H,12-14H2,1-2H3,(H,22,25)(H,23,24)/p+1. The maximum absolute atomic E-state index is 11.8. The lowest BCUT2D eigenvalue weighted by atomic mass is 10.0. The quantitative estimate of drug-likeness (QED) is 0.661. The summed E-state index contributed by atoms with van der Waals surface area (Å²) in [6.45, 7) is 3.92. The molecule has 6 heteroatoms. The lowest BCUT2D eigenvalue weighted by Crippen LogP contribution is -2.82. The molecule has 2 aromatic rings. The summed E-state index contributed by atoms with van der Waals surface area (Å²) in [6.07, 6.45) is -0.458. The van der Waals surface area contributed by atoms with Crippen molar-refractivity contribution in [2.24, 2.45) is 0 Å². The first-order chi connectivity index (χ1) is 12.9. The van der Waals surface area contributed by atoms with Gasteiger partial charge in [-0.25, -0.2) is 10.1 Å². The first kappa shape index (κ1) is 20.6. The summed E-state index contributed by atoms with van der Waals surface area (Å²) in [7, 11) is 0. The number of carbonyl (C=O) groups excluding carboxylic acids is 1. The van der Waals surface area contributed by atoms with Gasteiger partial charge in [-0.2, -0.15) is 4.79 Å². The molecule has 0 spiro atoms. The van der Waals surface area contributed by atoms with Gasteiger partial charge in [0.2, 0.25) is 0 Å². The molecule has 0 aromatic heterocycles. The van der Waals surface area contributed by atoms with Gasteiger partial charge in [0.25, 0.3) is 0 Å². The second kappa shape index (κ2) is 10.4. The number of amides is 1. The molecule has 0 radical (unpaired) electrons. The zero-order valence-electron chi connectivity index (χ0n) is 15.6. The fourth-order valence-electron chi connectivity index (χ4n) is 2.57. The minimum atomic E-state index is -0.964. The molecule has 6 nitrogen and oxygen atoms in total. The zero-order valence-corrected chi connectivity index (χ0v) is 15.6. The Morgan fingerprint density at radius 2 is 1.63 bits per heavy atom. The highest BCUT2D eigenvalue weighted by atomic mass is 16.5. The van der Waals surface area contributed by atoms with Gasteiger partial charge in [0.1, 0.15) is 12.3 Å². The molecular formula is C21H26NO5+. The van der Waals surface area contributed by atoms with Crippen molar-refractivity contribution in [1.82, 2.24) is 0 Å². The van der Waals surface area contributed by atoms with Crippen molar-refractivity contribution in [2.45, 2.75) is 38.9 Å². The van der Waals surface area contributed by atoms with Crippen LogP contribution in [0.25, 0.3) is 0 Å². The number of quaternary nitrogens is 1. The summed E-state index contributed by atoms with van der Waals surface area (Å²) in [5.74, 6) is -0.964. The Kier molecular flexibility index (Phi) is 7.98. The van der Waals surface area contributed by atoms with Crippen LogP contribution in [0.1, 0.15) is 25.0 Å². The Labute approximate surface area is 159 Å². The molecule has 1 unspecified atom stereocenters. The number of aliphatic carboxylic acids is 1. The molecule has 0 bridgehead atoms. The monoisotopic (exact) mass is 372 g/mol. The second-order valence-electron chi connectivity index (χ2n) is 6.50. The van der Waals surface area contributed by atoms with Gasteiger partial charge in [-0.1, -0.05) is 42.5 Å². The minimum absolute atomic E-state index is 0.146. The number of ether oxygens (including phenoxy) is 2. The third kappa shape index (κ3) is 7.60. The Bertz CT molecular complexity index is 728. The van der Waals surface area contributed by atoms with Crippen molar-refractivity contribution in [3.63, 3.8) is 0 Å². The number of carboxylic acid groups (broad SMARTS) is 1. The van der Waals surface area contributed by atoms with E-state index in [9.17, 15) is 14.7 Å². The number of carboxylic acids is 1. The Morgan fingerprint density at radius 3 is 2.22 bits per heavy atom. The van der Waals surface area contributed by atoms with Crippen molar-refractivity contribution in [3.8, 4) is 0 Å². The maximum Gasteiger partial charge on any atom is 0.517 e. The van der Waals surface area contributed by atoms with Crippen LogP contribution in [0.3, 0.4) is 0 Å². The normalized spacial score (nSPS) is 12.0. The molecular weight excluding hydrogens is 346 g/mol. The third-order valence-corrected chi connectivity index (χ3v) is 3.88. The van der Waals surface area contributed by atoms with Crippen LogP contribution in [0.15, 0.2) is 54.6 Å². The predicted octanol–water partition coefficient (Wildman–Crippen LogP) is 2.68. The zero-order chi connectivity index (χ0) is 19.6. The van der Waals surface area contributed by atoms with Crippen molar-refractivity contribution in [1.29, 1.82) is 0 Å². The Morgan fingerprint density at radius 1 is 1.00 bits per heavy atom. The van der Waals surface area contributed by atoms with Crippen molar-refractivity contribution in [3.05, 3.63) is 65.7 Å². The van der Waals surface area contributed by atoms with Crippen LogP contribution in [0, 0.1) is 0 Å². The number of hydrogen-bond donors (Lipinski definition) is 2. The highest BCUT2D eigenvalue weighted by Gasteiger charge is 2.20. The third-order valence-electron chi connectivity index (χ3n) is 3.88. The smallest absolute Gasteiger partial charge is 0.479 e. The summed E-state index contributed by atoms with van der Waals surface area (Å²) in [4.78, 5) is 23.0. The Balaban J connectivity index is 1.78. The Hall–Kier alpha value is -2.70. The van der Waals surface area contributed by atoms with Crippen LogP contribution in [0.2, 0.25) is 0 Å². The molecule has 1 atom stereocenters. The first-order valence-electron chi connectivity index (χ1n) is 8.96. The number of nitrogens with two attached hydrogens (primary N) is 1. The van der Waals surface area contributed by atoms with Gasteiger partial charge in [-0.3, -0.25) is 0 Å². The van der Waals surface area contributed by atoms with E-state index < -0.39 is 12.1 Å². The van der Waals surface area contributed by atoms with Gasteiger partial charge in [0.15, 0.2) is 6.10 Å². The van der Waals surface area contributed by atoms with Gasteiger partial charge in [0, 0.05) is 12.8 Å². The van der Waals surface area contributed by atoms with Gasteiger partial charge in [-0.05, 0) is 37.1 Å². The summed E-state index contributed by atoms with van der Waals surface area (Å²) < 4.78 is 10.7. The summed E-state index contributed by atoms with van der Waals surface area (Å²) in [5, 5.41) is 10.7. The number of para-hydroxylation sites is 1. The molecule has 0 aliphatic heterocycles. The molecule has 2 rings (SSSR count). The van der Waals surface area contributed by atoms with Crippen molar-refractivity contribution >= 4 is 17.7 Å². The topological polar surface area (TPSA) is 89.4 Å². The van der Waals surface area contributed by atoms with E-state index in [1.54, 1.807) is 0 Å². The van der Waals surface area contributed by atoms with E-state index in [2.05, 4.69) is 0 Å². The van der Waals surface area contributed by atoms with E-state index in [0.717, 1.165) is 16.8 Å². The van der Waals surface area contributed by atoms with Gasteiger partial charge < -0.3 is 14.6 Å². The first-order valence-corrected chi connectivity index (χ1v) is 8.96. The number of hydrogen-bond acceptors (Lipinski definition) is 4. The van der Waals surface area contributed by atoms with Crippen LogP contribution >= 0.6 is 0 Å². The van der Waals surface area contributed by atoms with E-state index in [-0.39, 0.29) is 18.8 Å². The molecule has 0 saturated heterocycles. The highest BCUT2D eigenvalue weighted by molar-refractivity contribution is 5.72. The fourth-order valence-corrected chi connectivity index (χ4v) is 2.57. The number of carbonyl (C=O) groups is 2. The molecule has 3 N–H and O–H groups in total. The summed E-state index contributed by atoms with van der Waals surface area (Å²) in [5.41, 5.74) is 2.72. The molecule has 27 heavy (non-hydrogen) atoms. The van der Waals surface area contributed by atoms with E-state index in [4.69, 9.17) is 9.47 Å². The second-order valence-corrected chi connectivity index (χ2v) is 6.50. The van der Waals surface area contributed by atoms with E-state index in [0.29, 0.717) is 12.8 Å². The predicted molar refractivity (Wildman–Crippen MR) is 101 cm³/mol. The average molecular weight is 372 g/mol. The number of primary amides is 1. The van der Waals surface area contributed by atoms with Gasteiger partial charge >= 0.3 is 12.1 Å². The maximum atomic E-state index is 11.8. The van der Waals surface area contributed by atoms with E-state index >= 15 is 0 Å². The molecule has 0 heterocycles. The molecule has 0 aliphatic carbocycles. The van der Waals surface area contributed by atoms with Crippen LogP contribution in [0.5, 0.6) is 0 Å². The molecule has 1 amide bonds. The van der Waals surface area contributed by atoms with Crippen molar-refractivity contribution in [2.75, 3.05) is 6.61 Å². The van der Waals surface area contributed by atoms with Crippen LogP contribution in [-0.2, 0) is 27.1 Å². The molecule has 0 fully saturated rings. The molecule has 0 saturated carbocycles. The lowest BCUT2D eigenvalue weighted by Gasteiger charge is -2.16. The lowest BCUT2D eigenvalue weighted by molar-refractivity contribution is -0.482. The number of rotatable bonds is 9. The van der Waals surface area contributed by atoms with Crippen LogP contribution in [0.4, 0.5) is 10.5 Å². The summed E-state index contributed by atoms with van der Waals surface area (Å²) >= 11 is 0. The highest BCUT2D eigenvalue weighted by Crippen LogP contribution is 2.11. The average Bonchev–Trinajstić information content (AvgIpc) is 2.63. The fraction of sp³-hybridized carbons (Fsp3) is 0.333. The van der Waals surface area contributed by atoms with Gasteiger partial charge in [-0.15, -0.1) is 0 Å².